The quantitative estimate of drug-likeness (QED) is 0.329. The maximum absolute atomic E-state index is 13.4. The minimum Gasteiger partial charge on any atom is -0.353 e. The van der Waals surface area contributed by atoms with Crippen molar-refractivity contribution in [2.45, 2.75) is 12.8 Å². The van der Waals surface area contributed by atoms with Crippen molar-refractivity contribution >= 4 is 58.2 Å². The van der Waals surface area contributed by atoms with E-state index >= 15 is 0 Å². The highest BCUT2D eigenvalue weighted by Gasteiger charge is 2.34. The average molecular weight is 550 g/mol. The summed E-state index contributed by atoms with van der Waals surface area (Å²) in [6.07, 6.45) is 3.23. The lowest BCUT2D eigenvalue weighted by Crippen LogP contribution is -2.31. The summed E-state index contributed by atoms with van der Waals surface area (Å²) >= 11 is 13.1. The fraction of sp³-hybridized carbons (Fsp3) is 0.111. The number of benzene rings is 2. The van der Waals surface area contributed by atoms with Crippen LogP contribution in [0.5, 0.6) is 0 Å². The van der Waals surface area contributed by atoms with E-state index in [0.29, 0.717) is 43.3 Å². The van der Waals surface area contributed by atoms with Gasteiger partial charge in [0.2, 0.25) is 5.91 Å². The number of halogens is 2. The van der Waals surface area contributed by atoms with Gasteiger partial charge in [-0.05, 0) is 73.2 Å². The molecule has 0 unspecified atom stereocenters. The van der Waals surface area contributed by atoms with Crippen molar-refractivity contribution in [1.29, 1.82) is 5.26 Å². The molecule has 1 atom stereocenters. The van der Waals surface area contributed by atoms with Crippen molar-refractivity contribution in [2.24, 2.45) is 0 Å². The highest BCUT2D eigenvalue weighted by molar-refractivity contribution is 8.03. The number of anilines is 2. The third kappa shape index (κ3) is 6.52. The Balaban J connectivity index is 1.60. The minimum atomic E-state index is -0.650. The molecule has 1 aromatic heterocycles. The molecule has 0 bridgehead atoms. The molecule has 3 aromatic rings. The van der Waals surface area contributed by atoms with Gasteiger partial charge in [-0.1, -0.05) is 35.0 Å². The lowest BCUT2D eigenvalue weighted by atomic mass is 9.82. The first-order chi connectivity index (χ1) is 17.9. The Bertz CT molecular complexity index is 1420. The highest BCUT2D eigenvalue weighted by atomic mass is 35.5. The minimum absolute atomic E-state index is 0.0544. The van der Waals surface area contributed by atoms with E-state index in [1.54, 1.807) is 80.0 Å². The number of rotatable bonds is 7. The third-order valence-corrected chi connectivity index (χ3v) is 7.03. The van der Waals surface area contributed by atoms with Crippen LogP contribution in [0.1, 0.15) is 18.4 Å². The van der Waals surface area contributed by atoms with Crippen molar-refractivity contribution in [3.8, 4) is 6.07 Å². The molecule has 0 fully saturated rings. The van der Waals surface area contributed by atoms with Crippen LogP contribution in [0.3, 0.4) is 0 Å². The second-order valence-corrected chi connectivity index (χ2v) is 9.90. The molecule has 4 rings (SSSR count). The molecule has 0 radical (unpaired) electrons. The molecule has 37 heavy (non-hydrogen) atoms. The average Bonchev–Trinajstić information content (AvgIpc) is 2.90. The number of aromatic nitrogens is 1. The monoisotopic (exact) mass is 549 g/mol. The number of allylic oxidation sites excluding steroid dienone is 2. The summed E-state index contributed by atoms with van der Waals surface area (Å²) in [5.41, 5.74) is 3.23. The van der Waals surface area contributed by atoms with E-state index in [1.165, 1.54) is 11.8 Å². The molecule has 3 N–H and O–H groups in total. The van der Waals surface area contributed by atoms with E-state index in [2.05, 4.69) is 27.0 Å². The van der Waals surface area contributed by atoms with Gasteiger partial charge in [-0.2, -0.15) is 5.26 Å². The zero-order valence-corrected chi connectivity index (χ0v) is 21.9. The predicted octanol–water partition coefficient (Wildman–Crippen LogP) is 6.09. The van der Waals surface area contributed by atoms with Crippen LogP contribution in [0.4, 0.5) is 11.4 Å². The number of carbonyl (C=O) groups excluding carboxylic acids is 2. The fourth-order valence-electron chi connectivity index (χ4n) is 3.82. The summed E-state index contributed by atoms with van der Waals surface area (Å²) in [5, 5.41) is 20.7. The van der Waals surface area contributed by atoms with Crippen LogP contribution in [0.2, 0.25) is 10.0 Å². The van der Waals surface area contributed by atoms with Crippen molar-refractivity contribution in [1.82, 2.24) is 10.3 Å². The largest absolute Gasteiger partial charge is 0.353 e. The standard InChI is InChI=1S/C27H21Cl2N5O2S/c1-16-24(26(36)34-21-8-4-19(29)5-9-21)25(17-10-12-31-13-11-17)22(14-30)27(32-16)37-15-23(35)33-20-6-2-18(28)3-7-20/h2-13,25,32H,15H2,1H3,(H,33,35)(H,34,36)/t25-/m1/s1. The Labute approximate surface area is 228 Å². The molecule has 0 saturated carbocycles. The number of dihydropyridines is 1. The molecule has 2 aromatic carbocycles. The number of hydrogen-bond acceptors (Lipinski definition) is 6. The van der Waals surface area contributed by atoms with Gasteiger partial charge in [0.1, 0.15) is 0 Å². The van der Waals surface area contributed by atoms with Gasteiger partial charge in [-0.25, -0.2) is 0 Å². The number of pyridine rings is 1. The van der Waals surface area contributed by atoms with Gasteiger partial charge < -0.3 is 16.0 Å². The van der Waals surface area contributed by atoms with Gasteiger partial charge in [0.25, 0.3) is 5.91 Å². The zero-order valence-electron chi connectivity index (χ0n) is 19.6. The van der Waals surface area contributed by atoms with E-state index in [1.807, 2.05) is 0 Å². The van der Waals surface area contributed by atoms with Crippen molar-refractivity contribution in [3.05, 3.63) is 111 Å². The number of amides is 2. The van der Waals surface area contributed by atoms with Gasteiger partial charge in [-0.3, -0.25) is 14.6 Å². The first-order valence-corrected chi connectivity index (χ1v) is 12.9. The fourth-order valence-corrected chi connectivity index (χ4v) is 4.96. The Morgan fingerprint density at radius 1 is 0.973 bits per heavy atom. The predicted molar refractivity (Wildman–Crippen MR) is 148 cm³/mol. The Hall–Kier alpha value is -3.77. The van der Waals surface area contributed by atoms with Gasteiger partial charge in [0.05, 0.1) is 28.3 Å². The number of carbonyl (C=O) groups is 2. The van der Waals surface area contributed by atoms with E-state index in [9.17, 15) is 14.9 Å². The molecule has 186 valence electrons. The Kier molecular flexibility index (Phi) is 8.51. The van der Waals surface area contributed by atoms with Gasteiger partial charge >= 0.3 is 0 Å². The number of nitrogens with one attached hydrogen (secondary N) is 3. The summed E-state index contributed by atoms with van der Waals surface area (Å²) in [6, 6.07) is 19.4. The third-order valence-electron chi connectivity index (χ3n) is 5.51. The molecule has 0 saturated heterocycles. The molecule has 10 heteroatoms. The van der Waals surface area contributed by atoms with E-state index < -0.39 is 5.92 Å². The summed E-state index contributed by atoms with van der Waals surface area (Å²) < 4.78 is 0. The van der Waals surface area contributed by atoms with Crippen LogP contribution in [0.25, 0.3) is 0 Å². The zero-order chi connectivity index (χ0) is 26.4. The van der Waals surface area contributed by atoms with Gasteiger partial charge in [-0.15, -0.1) is 0 Å². The molecule has 1 aliphatic rings. The van der Waals surface area contributed by atoms with Crippen LogP contribution in [0.15, 0.2) is 94.9 Å². The molecular formula is C27H21Cl2N5O2S. The number of thioether (sulfide) groups is 1. The highest BCUT2D eigenvalue weighted by Crippen LogP contribution is 2.40. The maximum Gasteiger partial charge on any atom is 0.254 e. The van der Waals surface area contributed by atoms with Gasteiger partial charge in [0.15, 0.2) is 0 Å². The SMILES string of the molecule is CC1=C(C(=O)Nc2ccc(Cl)cc2)[C@H](c2ccncc2)C(C#N)=C(SCC(=O)Nc2ccc(Cl)cc2)N1. The number of nitriles is 1. The second kappa shape index (κ2) is 12.0. The lowest BCUT2D eigenvalue weighted by molar-refractivity contribution is -0.114. The van der Waals surface area contributed by atoms with Crippen molar-refractivity contribution < 1.29 is 9.59 Å². The summed E-state index contributed by atoms with van der Waals surface area (Å²) in [4.78, 5) is 30.1. The molecule has 1 aliphatic heterocycles. The lowest BCUT2D eigenvalue weighted by Gasteiger charge is -2.29. The summed E-state index contributed by atoms with van der Waals surface area (Å²) in [7, 11) is 0. The van der Waals surface area contributed by atoms with Gasteiger partial charge in [0, 0.05) is 45.1 Å². The smallest absolute Gasteiger partial charge is 0.254 e. The topological polar surface area (TPSA) is 107 Å². The van der Waals surface area contributed by atoms with Crippen molar-refractivity contribution in [3.63, 3.8) is 0 Å². The molecule has 7 nitrogen and oxygen atoms in total. The number of nitrogens with zero attached hydrogens (tertiary/aromatic N) is 2. The molecular weight excluding hydrogens is 529 g/mol. The summed E-state index contributed by atoms with van der Waals surface area (Å²) in [6.45, 7) is 1.77. The Morgan fingerprint density at radius 3 is 2.11 bits per heavy atom. The van der Waals surface area contributed by atoms with Crippen LogP contribution < -0.4 is 16.0 Å². The van der Waals surface area contributed by atoms with E-state index in [4.69, 9.17) is 23.2 Å². The van der Waals surface area contributed by atoms with Crippen LogP contribution >= 0.6 is 35.0 Å². The molecule has 2 amide bonds. The number of hydrogen-bond donors (Lipinski definition) is 3. The van der Waals surface area contributed by atoms with Crippen molar-refractivity contribution in [2.75, 3.05) is 16.4 Å². The normalized spacial score (nSPS) is 15.0. The molecule has 0 spiro atoms. The Morgan fingerprint density at radius 2 is 1.54 bits per heavy atom. The molecule has 0 aliphatic carbocycles. The van der Waals surface area contributed by atoms with Crippen LogP contribution in [-0.4, -0.2) is 22.6 Å². The van der Waals surface area contributed by atoms with E-state index in [-0.39, 0.29) is 17.6 Å². The first-order valence-electron chi connectivity index (χ1n) is 11.1. The summed E-state index contributed by atoms with van der Waals surface area (Å²) in [5.74, 6) is -1.19. The first kappa shape index (κ1) is 26.3. The van der Waals surface area contributed by atoms with E-state index in [0.717, 1.165) is 5.56 Å². The van der Waals surface area contributed by atoms with Crippen LogP contribution in [0, 0.1) is 11.3 Å². The second-order valence-electron chi connectivity index (χ2n) is 8.04. The maximum atomic E-state index is 13.4. The molecule has 2 heterocycles. The van der Waals surface area contributed by atoms with Crippen LogP contribution in [-0.2, 0) is 9.59 Å².